The van der Waals surface area contributed by atoms with E-state index in [9.17, 15) is 23.2 Å². The molecule has 1 aliphatic carbocycles. The van der Waals surface area contributed by atoms with E-state index in [0.29, 0.717) is 37.1 Å². The van der Waals surface area contributed by atoms with E-state index in [2.05, 4.69) is 27.1 Å². The molecule has 0 atom stereocenters. The number of carbonyl (C=O) groups excluding carboxylic acids is 2. The summed E-state index contributed by atoms with van der Waals surface area (Å²) >= 11 is 0. The Bertz CT molecular complexity index is 1420. The first-order chi connectivity index (χ1) is 19.8. The molecule has 0 saturated heterocycles. The minimum Gasteiger partial charge on any atom is -0.493 e. The van der Waals surface area contributed by atoms with Crippen LogP contribution in [0.25, 0.3) is 0 Å². The predicted octanol–water partition coefficient (Wildman–Crippen LogP) is 6.78. The topological polar surface area (TPSA) is 154 Å². The largest absolute Gasteiger partial charge is 0.493 e. The average Bonchev–Trinajstić information content (AvgIpc) is 2.96. The molecule has 0 fully saturated rings. The Labute approximate surface area is 240 Å². The number of ketones is 1. The van der Waals surface area contributed by atoms with Crippen molar-refractivity contribution in [1.82, 2.24) is 10.3 Å². The maximum atomic E-state index is 12.5. The van der Waals surface area contributed by atoms with Gasteiger partial charge in [0.25, 0.3) is 5.91 Å². The number of aromatic nitrogens is 1. The van der Waals surface area contributed by atoms with Crippen molar-refractivity contribution in [2.75, 3.05) is 13.2 Å². The third-order valence-corrected chi connectivity index (χ3v) is 7.66. The molecule has 0 radical (unpaired) electrons. The Morgan fingerprint density at radius 3 is 2.68 bits per heavy atom. The van der Waals surface area contributed by atoms with Gasteiger partial charge in [-0.05, 0) is 73.6 Å². The van der Waals surface area contributed by atoms with Crippen molar-refractivity contribution in [3.63, 3.8) is 0 Å². The fraction of sp³-hybridized carbons (Fsp3) is 0.300. The Kier molecular flexibility index (Phi) is 10.4. The number of hydrogen-bond acceptors (Lipinski definition) is 9. The van der Waals surface area contributed by atoms with Crippen LogP contribution in [-0.2, 0) is 19.4 Å². The molecule has 2 aromatic carbocycles. The second-order valence-electron chi connectivity index (χ2n) is 9.58. The molecule has 41 heavy (non-hydrogen) atoms. The van der Waals surface area contributed by atoms with Crippen molar-refractivity contribution in [1.29, 1.82) is 0 Å². The number of nitrogens with one attached hydrogen (secondary N) is 1. The molecule has 11 heteroatoms. The minimum atomic E-state index is -3.86. The van der Waals surface area contributed by atoms with Crippen LogP contribution in [0, 0.1) is 0 Å². The standard InChI is InChI=1S/C30H34N4O6S/c1-2-8-25-23-10-7-11-26(35)24(23)14-15-27(25)40-18-6-5-17-31-30(36)22-13-16-29(32-19-22)34-33-20-21-9-3-4-12-28(21)41(37,38)39/h2-4,9,12-16,19,37-39H,1,5-8,10-11,17-18,20H2,(H,31,36). The summed E-state index contributed by atoms with van der Waals surface area (Å²) < 4.78 is 34.7. The van der Waals surface area contributed by atoms with E-state index < -0.39 is 10.9 Å². The number of benzene rings is 2. The molecule has 216 valence electrons. The summed E-state index contributed by atoms with van der Waals surface area (Å²) in [6.07, 6.45) is 7.70. The summed E-state index contributed by atoms with van der Waals surface area (Å²) in [5.74, 6) is 1.02. The third kappa shape index (κ3) is 8.08. The first kappa shape index (κ1) is 30.1. The van der Waals surface area contributed by atoms with Gasteiger partial charge in [-0.3, -0.25) is 9.59 Å². The van der Waals surface area contributed by atoms with Crippen molar-refractivity contribution < 1.29 is 28.0 Å². The van der Waals surface area contributed by atoms with Gasteiger partial charge in [-0.2, -0.15) is 5.11 Å². The van der Waals surface area contributed by atoms with Crippen molar-refractivity contribution >= 4 is 28.4 Å². The molecule has 0 aliphatic heterocycles. The Hall–Kier alpha value is -3.90. The summed E-state index contributed by atoms with van der Waals surface area (Å²) in [7, 11) is -3.86. The second-order valence-corrected chi connectivity index (χ2v) is 11.1. The molecule has 3 aromatic rings. The maximum absolute atomic E-state index is 12.5. The lowest BCUT2D eigenvalue weighted by molar-refractivity contribution is 0.0949. The minimum absolute atomic E-state index is 0.000715. The van der Waals surface area contributed by atoms with E-state index in [1.807, 2.05) is 18.2 Å². The number of nitrogens with zero attached hydrogens (tertiary/aromatic N) is 3. The van der Waals surface area contributed by atoms with Crippen molar-refractivity contribution in [2.45, 2.75) is 50.0 Å². The van der Waals surface area contributed by atoms with Crippen LogP contribution in [0.3, 0.4) is 0 Å². The van der Waals surface area contributed by atoms with Gasteiger partial charge in [0.05, 0.1) is 23.6 Å². The van der Waals surface area contributed by atoms with Gasteiger partial charge < -0.3 is 23.7 Å². The lowest BCUT2D eigenvalue weighted by atomic mass is 9.86. The molecule has 1 amide bonds. The van der Waals surface area contributed by atoms with Crippen molar-refractivity contribution in [3.8, 4) is 5.75 Å². The molecule has 4 rings (SSSR count). The fourth-order valence-corrected chi connectivity index (χ4v) is 5.41. The van der Waals surface area contributed by atoms with Crippen LogP contribution < -0.4 is 10.1 Å². The average molecular weight is 579 g/mol. The summed E-state index contributed by atoms with van der Waals surface area (Å²) in [5, 5.41) is 10.9. The monoisotopic (exact) mass is 578 g/mol. The van der Waals surface area contributed by atoms with Crippen molar-refractivity contribution in [2.24, 2.45) is 10.2 Å². The Morgan fingerprint density at radius 1 is 1.10 bits per heavy atom. The number of unbranched alkanes of at least 4 members (excludes halogenated alkanes) is 1. The highest BCUT2D eigenvalue weighted by molar-refractivity contribution is 8.19. The zero-order chi connectivity index (χ0) is 29.2. The van der Waals surface area contributed by atoms with Crippen LogP contribution in [0.2, 0.25) is 0 Å². The molecule has 1 heterocycles. The summed E-state index contributed by atoms with van der Waals surface area (Å²) in [4.78, 5) is 28.9. The number of carbonyl (C=O) groups is 2. The SMILES string of the molecule is C=CCc1c(OCCCCNC(=O)c2ccc(N=NCc3ccccc3S(O)(O)O)nc2)ccc2c1CCCC2=O. The highest BCUT2D eigenvalue weighted by atomic mass is 32.3. The molecular formula is C30H34N4O6S. The van der Waals surface area contributed by atoms with Gasteiger partial charge >= 0.3 is 0 Å². The van der Waals surface area contributed by atoms with Gasteiger partial charge in [-0.15, -0.1) is 11.7 Å². The zero-order valence-electron chi connectivity index (χ0n) is 22.7. The molecule has 0 saturated carbocycles. The van der Waals surface area contributed by atoms with Gasteiger partial charge in [0.1, 0.15) is 16.6 Å². The summed E-state index contributed by atoms with van der Waals surface area (Å²) in [6, 6.07) is 13.2. The van der Waals surface area contributed by atoms with Crippen LogP contribution in [-0.4, -0.2) is 43.5 Å². The van der Waals surface area contributed by atoms with Crippen LogP contribution in [0.1, 0.15) is 63.1 Å². The molecule has 0 unspecified atom stereocenters. The van der Waals surface area contributed by atoms with E-state index in [1.54, 1.807) is 30.3 Å². The van der Waals surface area contributed by atoms with Gasteiger partial charge in [0.2, 0.25) is 0 Å². The molecule has 0 spiro atoms. The molecular weight excluding hydrogens is 544 g/mol. The number of pyridine rings is 1. The van der Waals surface area contributed by atoms with Crippen LogP contribution in [0.5, 0.6) is 5.75 Å². The number of amides is 1. The maximum Gasteiger partial charge on any atom is 0.252 e. The highest BCUT2D eigenvalue weighted by Crippen LogP contribution is 2.45. The number of fused-ring (bicyclic) bond motifs is 1. The zero-order valence-corrected chi connectivity index (χ0v) is 23.5. The number of rotatable bonds is 13. The van der Waals surface area contributed by atoms with E-state index in [0.717, 1.165) is 48.1 Å². The first-order valence-corrected chi connectivity index (χ1v) is 14.9. The number of azo groups is 1. The smallest absolute Gasteiger partial charge is 0.252 e. The van der Waals surface area contributed by atoms with E-state index in [-0.39, 0.29) is 28.9 Å². The van der Waals surface area contributed by atoms with Gasteiger partial charge in [-0.1, -0.05) is 24.3 Å². The second kappa shape index (κ2) is 14.1. The lowest BCUT2D eigenvalue weighted by Gasteiger charge is -2.21. The number of ether oxygens (including phenoxy) is 1. The number of allylic oxidation sites excluding steroid dienone is 1. The van der Waals surface area contributed by atoms with E-state index in [1.165, 1.54) is 12.3 Å². The quantitative estimate of drug-likeness (QED) is 0.0989. The molecule has 0 bridgehead atoms. The number of Topliss-reactive ketones (excluding diaryl/α,β-unsaturated/α-hetero) is 1. The summed E-state index contributed by atoms with van der Waals surface area (Å²) in [6.45, 7) is 4.84. The van der Waals surface area contributed by atoms with Crippen LogP contribution in [0.4, 0.5) is 5.82 Å². The number of hydrogen-bond donors (Lipinski definition) is 4. The normalized spacial score (nSPS) is 13.6. The molecule has 4 N–H and O–H groups in total. The molecule has 1 aliphatic rings. The Morgan fingerprint density at radius 2 is 1.93 bits per heavy atom. The summed E-state index contributed by atoms with van der Waals surface area (Å²) in [5.41, 5.74) is 3.75. The first-order valence-electron chi connectivity index (χ1n) is 13.4. The third-order valence-electron chi connectivity index (χ3n) is 6.67. The fourth-order valence-electron chi connectivity index (χ4n) is 4.66. The molecule has 10 nitrogen and oxygen atoms in total. The van der Waals surface area contributed by atoms with Gasteiger partial charge in [0.15, 0.2) is 11.6 Å². The predicted molar refractivity (Wildman–Crippen MR) is 157 cm³/mol. The van der Waals surface area contributed by atoms with Crippen molar-refractivity contribution in [3.05, 3.63) is 95.2 Å². The van der Waals surface area contributed by atoms with Gasteiger partial charge in [-0.25, -0.2) is 4.98 Å². The van der Waals surface area contributed by atoms with Crippen LogP contribution in [0.15, 0.2) is 82.5 Å². The van der Waals surface area contributed by atoms with Gasteiger partial charge in [0, 0.05) is 30.3 Å². The Balaban J connectivity index is 1.21. The lowest BCUT2D eigenvalue weighted by Crippen LogP contribution is -2.24. The highest BCUT2D eigenvalue weighted by Gasteiger charge is 2.22. The van der Waals surface area contributed by atoms with E-state index in [4.69, 9.17) is 4.74 Å². The van der Waals surface area contributed by atoms with Crippen LogP contribution >= 0.6 is 10.9 Å². The molecule has 1 aromatic heterocycles. The van der Waals surface area contributed by atoms with E-state index >= 15 is 0 Å².